The van der Waals surface area contributed by atoms with E-state index in [0.29, 0.717) is 37.2 Å². The number of nitrogens with zero attached hydrogens (tertiary/aromatic N) is 5. The minimum atomic E-state index is -0.953. The number of nitriles is 2. The van der Waals surface area contributed by atoms with Gasteiger partial charge in [0.2, 0.25) is 11.8 Å². The molecule has 3 aliphatic heterocycles. The summed E-state index contributed by atoms with van der Waals surface area (Å²) in [6.07, 6.45) is 1.19. The number of carbonyl (C=O) groups excluding carboxylic acids is 3. The number of amides is 3. The van der Waals surface area contributed by atoms with Crippen LogP contribution in [0, 0.1) is 22.7 Å². The first-order chi connectivity index (χ1) is 16.6. The number of rotatable bonds is 5. The van der Waals surface area contributed by atoms with Crippen LogP contribution >= 0.6 is 0 Å². The Bertz CT molecular complexity index is 1100. The molecule has 3 unspecified atom stereocenters. The summed E-state index contributed by atoms with van der Waals surface area (Å²) in [5.41, 5.74) is 0.300. The Labute approximate surface area is 205 Å². The molecule has 10 heteroatoms. The first-order valence-electron chi connectivity index (χ1n) is 11.9. The van der Waals surface area contributed by atoms with Crippen molar-refractivity contribution in [2.24, 2.45) is 0 Å². The second-order valence-corrected chi connectivity index (χ2v) is 10.2. The van der Waals surface area contributed by atoms with Gasteiger partial charge in [-0.3, -0.25) is 14.5 Å². The normalized spacial score (nSPS) is 24.7. The first-order valence-corrected chi connectivity index (χ1v) is 11.9. The third-order valence-electron chi connectivity index (χ3n) is 6.64. The van der Waals surface area contributed by atoms with Gasteiger partial charge in [0.15, 0.2) is 0 Å². The minimum Gasteiger partial charge on any atom is -0.444 e. The van der Waals surface area contributed by atoms with Gasteiger partial charge >= 0.3 is 6.09 Å². The number of alkyl carbamates (subject to hydrolysis) is 1. The summed E-state index contributed by atoms with van der Waals surface area (Å²) in [5.74, 6) is -0.467. The van der Waals surface area contributed by atoms with Crippen LogP contribution in [0.2, 0.25) is 0 Å². The van der Waals surface area contributed by atoms with Gasteiger partial charge in [-0.05, 0) is 52.2 Å². The average Bonchev–Trinajstić information content (AvgIpc) is 3.51. The number of piperazine rings is 1. The van der Waals surface area contributed by atoms with Gasteiger partial charge in [-0.15, -0.1) is 0 Å². The van der Waals surface area contributed by atoms with Gasteiger partial charge in [0, 0.05) is 19.6 Å². The van der Waals surface area contributed by atoms with E-state index in [0.717, 1.165) is 6.42 Å². The lowest BCUT2D eigenvalue weighted by molar-refractivity contribution is -0.135. The molecule has 0 radical (unpaired) electrons. The summed E-state index contributed by atoms with van der Waals surface area (Å²) in [5, 5.41) is 21.6. The highest BCUT2D eigenvalue weighted by Crippen LogP contribution is 2.37. The van der Waals surface area contributed by atoms with Gasteiger partial charge in [-0.1, -0.05) is 12.1 Å². The van der Waals surface area contributed by atoms with E-state index >= 15 is 0 Å². The van der Waals surface area contributed by atoms with E-state index < -0.39 is 29.8 Å². The van der Waals surface area contributed by atoms with E-state index in [2.05, 4.69) is 17.5 Å². The molecule has 4 atom stereocenters. The lowest BCUT2D eigenvalue weighted by Crippen LogP contribution is -2.59. The molecule has 3 aliphatic rings. The molecule has 0 spiro atoms. The van der Waals surface area contributed by atoms with Crippen molar-refractivity contribution in [2.45, 2.75) is 69.8 Å². The highest BCUT2D eigenvalue weighted by Gasteiger charge is 2.51. The van der Waals surface area contributed by atoms with Crippen LogP contribution in [0.1, 0.15) is 45.6 Å². The molecule has 0 aromatic heterocycles. The van der Waals surface area contributed by atoms with Gasteiger partial charge in [-0.25, -0.2) is 4.79 Å². The zero-order valence-corrected chi connectivity index (χ0v) is 20.2. The predicted molar refractivity (Wildman–Crippen MR) is 126 cm³/mol. The number of nitrogens with one attached hydrogen (secondary N) is 1. The molecule has 35 heavy (non-hydrogen) atoms. The lowest BCUT2D eigenvalue weighted by Gasteiger charge is -2.36. The zero-order valence-electron chi connectivity index (χ0n) is 20.2. The number of fused-ring (bicyclic) bond motifs is 2. The molecule has 3 heterocycles. The van der Waals surface area contributed by atoms with Gasteiger partial charge in [-0.2, -0.15) is 10.5 Å². The van der Waals surface area contributed by atoms with Gasteiger partial charge in [0.25, 0.3) is 0 Å². The maximum Gasteiger partial charge on any atom is 0.408 e. The van der Waals surface area contributed by atoms with Crippen molar-refractivity contribution < 1.29 is 19.1 Å². The maximum absolute atomic E-state index is 13.4. The highest BCUT2D eigenvalue weighted by atomic mass is 16.6. The summed E-state index contributed by atoms with van der Waals surface area (Å²) in [6, 6.07) is 9.27. The van der Waals surface area contributed by atoms with Crippen LogP contribution < -0.4 is 10.2 Å². The summed E-state index contributed by atoms with van der Waals surface area (Å²) in [6.45, 7) is 6.31. The van der Waals surface area contributed by atoms with Crippen LogP contribution in [0.25, 0.3) is 0 Å². The molecule has 184 valence electrons. The van der Waals surface area contributed by atoms with E-state index in [4.69, 9.17) is 4.74 Å². The number of carbonyl (C=O) groups is 3. The second kappa shape index (κ2) is 9.55. The molecule has 10 nitrogen and oxygen atoms in total. The van der Waals surface area contributed by atoms with Gasteiger partial charge < -0.3 is 19.9 Å². The quantitative estimate of drug-likeness (QED) is 0.682. The summed E-state index contributed by atoms with van der Waals surface area (Å²) >= 11 is 0. The summed E-state index contributed by atoms with van der Waals surface area (Å²) in [4.78, 5) is 44.3. The molecule has 3 amide bonds. The number of benzene rings is 1. The second-order valence-electron chi connectivity index (χ2n) is 10.2. The third-order valence-corrected chi connectivity index (χ3v) is 6.64. The molecular formula is C25H30N6O4. The number of para-hydroxylation sites is 1. The summed E-state index contributed by atoms with van der Waals surface area (Å²) in [7, 11) is 0. The monoisotopic (exact) mass is 478 g/mol. The fourth-order valence-corrected chi connectivity index (χ4v) is 5.19. The van der Waals surface area contributed by atoms with Crippen LogP contribution in [0.5, 0.6) is 0 Å². The van der Waals surface area contributed by atoms with Crippen molar-refractivity contribution in [1.82, 2.24) is 15.1 Å². The molecule has 0 aliphatic carbocycles. The minimum absolute atomic E-state index is 0.122. The Kier molecular flexibility index (Phi) is 6.68. The van der Waals surface area contributed by atoms with Crippen LogP contribution in [0.15, 0.2) is 24.3 Å². The van der Waals surface area contributed by atoms with Crippen molar-refractivity contribution in [3.63, 3.8) is 0 Å². The predicted octanol–water partition coefficient (Wildman–Crippen LogP) is 1.76. The fourth-order valence-electron chi connectivity index (χ4n) is 5.19. The SMILES string of the molecule is CC(C)(C)OC(=O)NC(CN1C[C@@H]2CC1C(=O)N2c1ccccc1C#N)C(=O)N1CCCC1C#N. The fraction of sp³-hybridized carbons (Fsp3) is 0.560. The third kappa shape index (κ3) is 4.94. The van der Waals surface area contributed by atoms with E-state index in [1.165, 1.54) is 4.90 Å². The van der Waals surface area contributed by atoms with Crippen LogP contribution in [0.3, 0.4) is 0 Å². The maximum atomic E-state index is 13.4. The number of ether oxygens (including phenoxy) is 1. The highest BCUT2D eigenvalue weighted by molar-refractivity contribution is 6.02. The number of hydrogen-bond donors (Lipinski definition) is 1. The largest absolute Gasteiger partial charge is 0.444 e. The Morgan fingerprint density at radius 2 is 2.00 bits per heavy atom. The van der Waals surface area contributed by atoms with Crippen molar-refractivity contribution >= 4 is 23.6 Å². The van der Waals surface area contributed by atoms with Crippen LogP contribution in [-0.4, -0.2) is 77.1 Å². The molecule has 3 fully saturated rings. The van der Waals surface area contributed by atoms with Crippen molar-refractivity contribution in [3.8, 4) is 12.1 Å². The topological polar surface area (TPSA) is 130 Å². The molecule has 4 rings (SSSR count). The molecule has 1 aromatic rings. The van der Waals surface area contributed by atoms with Crippen LogP contribution in [0.4, 0.5) is 10.5 Å². The Morgan fingerprint density at radius 3 is 2.66 bits per heavy atom. The summed E-state index contributed by atoms with van der Waals surface area (Å²) < 4.78 is 5.37. The molecule has 0 saturated carbocycles. The van der Waals surface area contributed by atoms with E-state index in [-0.39, 0.29) is 24.4 Å². The number of anilines is 1. The van der Waals surface area contributed by atoms with Crippen molar-refractivity contribution in [1.29, 1.82) is 10.5 Å². The molecule has 1 N–H and O–H groups in total. The number of likely N-dealkylation sites (tertiary alicyclic amines) is 2. The van der Waals surface area contributed by atoms with Crippen LogP contribution in [-0.2, 0) is 14.3 Å². The molecule has 2 bridgehead atoms. The van der Waals surface area contributed by atoms with E-state index in [9.17, 15) is 24.9 Å². The Hall–Kier alpha value is -3.63. The van der Waals surface area contributed by atoms with E-state index in [1.807, 2.05) is 4.90 Å². The lowest BCUT2D eigenvalue weighted by atomic mass is 10.1. The number of hydrogen-bond acceptors (Lipinski definition) is 7. The Morgan fingerprint density at radius 1 is 1.26 bits per heavy atom. The molecular weight excluding hydrogens is 448 g/mol. The Balaban J connectivity index is 1.51. The smallest absolute Gasteiger partial charge is 0.408 e. The van der Waals surface area contributed by atoms with Gasteiger partial charge in [0.1, 0.15) is 23.8 Å². The molecule has 3 saturated heterocycles. The first kappa shape index (κ1) is 24.5. The van der Waals surface area contributed by atoms with Gasteiger partial charge in [0.05, 0.1) is 29.4 Å². The molecule has 1 aromatic carbocycles. The van der Waals surface area contributed by atoms with Crippen molar-refractivity contribution in [2.75, 3.05) is 24.5 Å². The van der Waals surface area contributed by atoms with E-state index in [1.54, 1.807) is 49.9 Å². The standard InChI is InChI=1S/C25H30N6O4/c1-25(2,3)35-24(34)28-19(22(32)30-10-6-8-17(30)13-27)15-29-14-18-11-21(29)23(33)31(18)20-9-5-4-7-16(20)12-26/h4-5,7,9,17-19,21H,6,8,10-11,14-15H2,1-3H3,(H,28,34)/t17?,18-,19?,21?/m0/s1. The van der Waals surface area contributed by atoms with Crippen molar-refractivity contribution in [3.05, 3.63) is 29.8 Å². The zero-order chi connectivity index (χ0) is 25.3. The average molecular weight is 479 g/mol.